The normalized spacial score (nSPS) is 11.6. The first-order chi connectivity index (χ1) is 15.1. The van der Waals surface area contributed by atoms with Gasteiger partial charge in [0.2, 0.25) is 0 Å². The molecule has 0 aliphatic heterocycles. The lowest BCUT2D eigenvalue weighted by molar-refractivity contribution is 0.0523. The Morgan fingerprint density at radius 1 is 1.19 bits per heavy atom. The van der Waals surface area contributed by atoms with Crippen LogP contribution in [0.4, 0.5) is 4.79 Å². The van der Waals surface area contributed by atoms with Crippen molar-refractivity contribution in [2.75, 3.05) is 6.26 Å². The van der Waals surface area contributed by atoms with Gasteiger partial charge in [-0.2, -0.15) is 0 Å². The molecule has 0 fully saturated rings. The number of thiazole rings is 1. The number of alkyl carbamates (subject to hydrolysis) is 1. The van der Waals surface area contributed by atoms with Crippen molar-refractivity contribution >= 4 is 29.2 Å². The molecule has 170 valence electrons. The molecule has 0 spiro atoms. The Labute approximate surface area is 198 Å². The van der Waals surface area contributed by atoms with E-state index < -0.39 is 11.7 Å². The molecule has 0 aliphatic rings. The van der Waals surface area contributed by atoms with E-state index in [1.54, 1.807) is 11.3 Å². The summed E-state index contributed by atoms with van der Waals surface area (Å²) in [6, 6.07) is 9.92. The van der Waals surface area contributed by atoms with Crippen LogP contribution < -0.4 is 5.32 Å². The highest BCUT2D eigenvalue weighted by molar-refractivity contribution is 7.98. The molecule has 1 N–H and O–H groups in total. The van der Waals surface area contributed by atoms with E-state index in [1.165, 1.54) is 11.8 Å². The second-order valence-electron chi connectivity index (χ2n) is 8.85. The van der Waals surface area contributed by atoms with Crippen molar-refractivity contribution in [3.63, 3.8) is 0 Å². The molecule has 1 aromatic carbocycles. The van der Waals surface area contributed by atoms with Crippen molar-refractivity contribution in [3.05, 3.63) is 47.1 Å². The van der Waals surface area contributed by atoms with Crippen LogP contribution in [0.15, 0.2) is 41.7 Å². The van der Waals surface area contributed by atoms with Gasteiger partial charge in [0.25, 0.3) is 0 Å². The highest BCUT2D eigenvalue weighted by Gasteiger charge is 2.17. The van der Waals surface area contributed by atoms with Gasteiger partial charge >= 0.3 is 6.09 Å². The molecule has 3 aromatic rings. The number of thioether (sulfide) groups is 1. The molecule has 0 unspecified atom stereocenters. The highest BCUT2D eigenvalue weighted by atomic mass is 32.2. The average molecular weight is 471 g/mol. The molecular formula is C24H30N4O2S2. The van der Waals surface area contributed by atoms with Gasteiger partial charge < -0.3 is 10.1 Å². The minimum absolute atomic E-state index is 0.345. The van der Waals surface area contributed by atoms with Gasteiger partial charge in [-0.15, -0.1) is 11.3 Å². The fourth-order valence-electron chi connectivity index (χ4n) is 3.06. The molecule has 0 saturated heterocycles. The summed E-state index contributed by atoms with van der Waals surface area (Å²) in [6.07, 6.45) is 4.38. The van der Waals surface area contributed by atoms with Gasteiger partial charge in [0.15, 0.2) is 5.16 Å². The second-order valence-corrected chi connectivity index (χ2v) is 10.7. The Morgan fingerprint density at radius 3 is 2.59 bits per heavy atom. The fraction of sp³-hybridized carbons (Fsp3) is 0.417. The molecule has 2 heterocycles. The quantitative estimate of drug-likeness (QED) is 0.327. The number of nitrogens with zero attached hydrogens (tertiary/aromatic N) is 3. The third-order valence-electron chi connectivity index (χ3n) is 4.39. The number of hydrogen-bond donors (Lipinski definition) is 1. The van der Waals surface area contributed by atoms with Crippen LogP contribution in [0.3, 0.4) is 0 Å². The molecule has 0 bridgehead atoms. The standard InChI is InChI=1S/C24H30N4O2S2/c1-15(2)11-21-25-14-20(32-21)19-12-18(27-22(28-19)31-6)17-10-8-7-9-16(17)13-26-23(29)30-24(3,4)5/h7-10,12,14-15H,11,13H2,1-6H3,(H,26,29). The van der Waals surface area contributed by atoms with Crippen LogP contribution in [0, 0.1) is 5.92 Å². The van der Waals surface area contributed by atoms with Crippen LogP contribution in [0.25, 0.3) is 21.8 Å². The summed E-state index contributed by atoms with van der Waals surface area (Å²) in [4.78, 5) is 27.2. The van der Waals surface area contributed by atoms with Crippen molar-refractivity contribution in [1.82, 2.24) is 20.3 Å². The minimum atomic E-state index is -0.540. The van der Waals surface area contributed by atoms with Crippen LogP contribution >= 0.6 is 23.1 Å². The SMILES string of the molecule is CSc1nc(-c2cnc(CC(C)C)s2)cc(-c2ccccc2CNC(=O)OC(C)(C)C)n1. The summed E-state index contributed by atoms with van der Waals surface area (Å²) in [6.45, 7) is 10.3. The van der Waals surface area contributed by atoms with Crippen molar-refractivity contribution in [3.8, 4) is 21.8 Å². The Balaban J connectivity index is 1.90. The van der Waals surface area contributed by atoms with Crippen molar-refractivity contribution in [2.45, 2.75) is 58.3 Å². The van der Waals surface area contributed by atoms with E-state index in [1.807, 2.05) is 63.6 Å². The lowest BCUT2D eigenvalue weighted by Gasteiger charge is -2.20. The first-order valence-corrected chi connectivity index (χ1v) is 12.6. The van der Waals surface area contributed by atoms with E-state index in [9.17, 15) is 4.79 Å². The summed E-state index contributed by atoms with van der Waals surface area (Å²) < 4.78 is 5.36. The highest BCUT2D eigenvalue weighted by Crippen LogP contribution is 2.31. The predicted molar refractivity (Wildman–Crippen MR) is 132 cm³/mol. The lowest BCUT2D eigenvalue weighted by Crippen LogP contribution is -2.32. The molecule has 2 aromatic heterocycles. The molecule has 8 heteroatoms. The van der Waals surface area contributed by atoms with Gasteiger partial charge in [-0.05, 0) is 44.6 Å². The van der Waals surface area contributed by atoms with Crippen molar-refractivity contribution in [2.24, 2.45) is 5.92 Å². The monoisotopic (exact) mass is 470 g/mol. The molecule has 32 heavy (non-hydrogen) atoms. The van der Waals surface area contributed by atoms with Crippen molar-refractivity contribution < 1.29 is 9.53 Å². The number of amides is 1. The molecule has 1 amide bonds. The maximum atomic E-state index is 12.1. The molecular weight excluding hydrogens is 440 g/mol. The zero-order valence-corrected chi connectivity index (χ0v) is 21.1. The maximum Gasteiger partial charge on any atom is 0.407 e. The number of carbonyl (C=O) groups is 1. The van der Waals surface area contributed by atoms with Gasteiger partial charge in [-0.3, -0.25) is 0 Å². The number of rotatable bonds is 7. The molecule has 0 aliphatic carbocycles. The molecule has 6 nitrogen and oxygen atoms in total. The molecule has 0 atom stereocenters. The fourth-order valence-corrected chi connectivity index (χ4v) is 4.53. The number of benzene rings is 1. The Kier molecular flexibility index (Phi) is 7.90. The number of ether oxygens (including phenoxy) is 1. The van der Waals surface area contributed by atoms with Crippen LogP contribution in [-0.4, -0.2) is 32.9 Å². The third kappa shape index (κ3) is 6.77. The third-order valence-corrected chi connectivity index (χ3v) is 5.98. The topological polar surface area (TPSA) is 77.0 Å². The van der Waals surface area contributed by atoms with Crippen LogP contribution in [0.1, 0.15) is 45.2 Å². The number of aromatic nitrogens is 3. The zero-order chi connectivity index (χ0) is 23.3. The van der Waals surface area contributed by atoms with E-state index in [4.69, 9.17) is 14.7 Å². The van der Waals surface area contributed by atoms with Crippen LogP contribution in [0.2, 0.25) is 0 Å². The minimum Gasteiger partial charge on any atom is -0.444 e. The summed E-state index contributed by atoms with van der Waals surface area (Å²) in [7, 11) is 0. The van der Waals surface area contributed by atoms with Gasteiger partial charge in [-0.25, -0.2) is 19.7 Å². The largest absolute Gasteiger partial charge is 0.444 e. The Bertz CT molecular complexity index is 1070. The smallest absolute Gasteiger partial charge is 0.407 e. The van der Waals surface area contributed by atoms with Gasteiger partial charge in [0.05, 0.1) is 21.3 Å². The van der Waals surface area contributed by atoms with E-state index in [2.05, 4.69) is 24.1 Å². The number of hydrogen-bond acceptors (Lipinski definition) is 7. The Hall–Kier alpha value is -2.45. The van der Waals surface area contributed by atoms with Crippen molar-refractivity contribution in [1.29, 1.82) is 0 Å². The summed E-state index contributed by atoms with van der Waals surface area (Å²) in [5.74, 6) is 0.557. The van der Waals surface area contributed by atoms with E-state index in [0.717, 1.165) is 38.8 Å². The number of nitrogens with one attached hydrogen (secondary N) is 1. The van der Waals surface area contributed by atoms with Gasteiger partial charge in [0.1, 0.15) is 5.60 Å². The van der Waals surface area contributed by atoms with Crippen LogP contribution in [0.5, 0.6) is 0 Å². The predicted octanol–water partition coefficient (Wildman–Crippen LogP) is 6.21. The zero-order valence-electron chi connectivity index (χ0n) is 19.4. The first-order valence-electron chi connectivity index (χ1n) is 10.6. The lowest BCUT2D eigenvalue weighted by atomic mass is 10.0. The summed E-state index contributed by atoms with van der Waals surface area (Å²) >= 11 is 3.18. The molecule has 0 saturated carbocycles. The van der Waals surface area contributed by atoms with Crippen LogP contribution in [-0.2, 0) is 17.7 Å². The number of carbonyl (C=O) groups excluding carboxylic acids is 1. The molecule has 0 radical (unpaired) electrons. The summed E-state index contributed by atoms with van der Waals surface area (Å²) in [5, 5.41) is 4.66. The molecule has 3 rings (SSSR count). The van der Waals surface area contributed by atoms with E-state index in [0.29, 0.717) is 17.6 Å². The second kappa shape index (κ2) is 10.4. The van der Waals surface area contributed by atoms with Gasteiger partial charge in [-0.1, -0.05) is 49.9 Å². The Morgan fingerprint density at radius 2 is 1.91 bits per heavy atom. The van der Waals surface area contributed by atoms with Gasteiger partial charge in [0, 0.05) is 24.7 Å². The average Bonchev–Trinajstić information content (AvgIpc) is 3.18. The van der Waals surface area contributed by atoms with E-state index >= 15 is 0 Å². The van der Waals surface area contributed by atoms with E-state index in [-0.39, 0.29) is 0 Å². The maximum absolute atomic E-state index is 12.1. The first kappa shape index (κ1) is 24.2. The summed E-state index contributed by atoms with van der Waals surface area (Å²) in [5.41, 5.74) is 3.05.